The summed E-state index contributed by atoms with van der Waals surface area (Å²) in [6.07, 6.45) is -3.21. The fraction of sp³-hybridized carbons (Fsp3) is 0.0526. The standard InChI is InChI=1S/C19H11Cl2F3N4O2S2/c20-12-7-11(19(22,23)24)2-4-16(12)32(29,30)28-14-5-10(8-26-17(14)21)9-1-3-13-15(6-9)31-18(25)27-13/h1-8,28H,(H2,25,27). The fourth-order valence-corrected chi connectivity index (χ4v) is 5.48. The number of pyridine rings is 1. The van der Waals surface area contributed by atoms with Crippen molar-refractivity contribution in [3.05, 3.63) is 64.4 Å². The Morgan fingerprint density at radius 1 is 1.03 bits per heavy atom. The number of nitrogen functional groups attached to an aromatic ring is 1. The molecule has 13 heteroatoms. The van der Waals surface area contributed by atoms with Crippen LogP contribution in [-0.4, -0.2) is 18.4 Å². The maximum absolute atomic E-state index is 12.8. The molecule has 32 heavy (non-hydrogen) atoms. The lowest BCUT2D eigenvalue weighted by Gasteiger charge is -2.13. The summed E-state index contributed by atoms with van der Waals surface area (Å²) in [7, 11) is -4.36. The summed E-state index contributed by atoms with van der Waals surface area (Å²) in [5.74, 6) is 0. The molecule has 0 amide bonds. The van der Waals surface area contributed by atoms with Crippen LogP contribution < -0.4 is 10.5 Å². The van der Waals surface area contributed by atoms with Gasteiger partial charge in [-0.3, -0.25) is 4.72 Å². The van der Waals surface area contributed by atoms with Crippen LogP contribution in [0.4, 0.5) is 24.0 Å². The number of hydrogen-bond acceptors (Lipinski definition) is 6. The van der Waals surface area contributed by atoms with Crippen molar-refractivity contribution < 1.29 is 21.6 Å². The van der Waals surface area contributed by atoms with Crippen LogP contribution in [-0.2, 0) is 16.2 Å². The maximum Gasteiger partial charge on any atom is 0.416 e. The minimum atomic E-state index is -4.66. The normalized spacial score (nSPS) is 12.3. The molecule has 2 aromatic heterocycles. The molecule has 0 saturated carbocycles. The van der Waals surface area contributed by atoms with E-state index in [4.69, 9.17) is 28.9 Å². The Kier molecular flexibility index (Phi) is 5.70. The van der Waals surface area contributed by atoms with Gasteiger partial charge in [0.25, 0.3) is 10.0 Å². The molecule has 0 saturated heterocycles. The predicted octanol–water partition coefficient (Wildman–Crippen LogP) is 6.07. The van der Waals surface area contributed by atoms with Gasteiger partial charge >= 0.3 is 6.18 Å². The fourth-order valence-electron chi connectivity index (χ4n) is 2.89. The van der Waals surface area contributed by atoms with Crippen LogP contribution in [0.3, 0.4) is 0 Å². The average Bonchev–Trinajstić information content (AvgIpc) is 3.07. The maximum atomic E-state index is 12.8. The summed E-state index contributed by atoms with van der Waals surface area (Å²) in [6, 6.07) is 8.75. The third kappa shape index (κ3) is 4.46. The van der Waals surface area contributed by atoms with Gasteiger partial charge in [-0.15, -0.1) is 0 Å². The van der Waals surface area contributed by atoms with Gasteiger partial charge in [0.05, 0.1) is 26.5 Å². The molecule has 0 bridgehead atoms. The number of rotatable bonds is 4. The van der Waals surface area contributed by atoms with Crippen LogP contribution in [0, 0.1) is 0 Å². The zero-order valence-electron chi connectivity index (χ0n) is 15.6. The van der Waals surface area contributed by atoms with Crippen molar-refractivity contribution in [3.63, 3.8) is 0 Å². The minimum absolute atomic E-state index is 0.0657. The lowest BCUT2D eigenvalue weighted by atomic mass is 10.1. The van der Waals surface area contributed by atoms with Crippen molar-refractivity contribution in [1.82, 2.24) is 9.97 Å². The molecule has 4 aromatic rings. The van der Waals surface area contributed by atoms with Gasteiger partial charge < -0.3 is 5.73 Å². The van der Waals surface area contributed by atoms with Gasteiger partial charge in [0.2, 0.25) is 0 Å². The number of nitrogens with zero attached hydrogens (tertiary/aromatic N) is 2. The third-order valence-corrected chi connectivity index (χ3v) is 7.37. The number of nitrogens with one attached hydrogen (secondary N) is 1. The number of fused-ring (bicyclic) bond motifs is 1. The van der Waals surface area contributed by atoms with E-state index in [1.165, 1.54) is 23.6 Å². The summed E-state index contributed by atoms with van der Waals surface area (Å²) < 4.78 is 67.1. The van der Waals surface area contributed by atoms with Crippen LogP contribution in [0.1, 0.15) is 5.56 Å². The van der Waals surface area contributed by atoms with Crippen LogP contribution >= 0.6 is 34.5 Å². The van der Waals surface area contributed by atoms with Crippen molar-refractivity contribution in [2.45, 2.75) is 11.1 Å². The van der Waals surface area contributed by atoms with Gasteiger partial charge in [0.1, 0.15) is 4.90 Å². The van der Waals surface area contributed by atoms with Gasteiger partial charge in [-0.05, 0) is 42.0 Å². The molecule has 0 radical (unpaired) electrons. The average molecular weight is 519 g/mol. The highest BCUT2D eigenvalue weighted by atomic mass is 35.5. The Morgan fingerprint density at radius 2 is 1.78 bits per heavy atom. The topological polar surface area (TPSA) is 98.0 Å². The zero-order valence-corrected chi connectivity index (χ0v) is 18.8. The number of halogens is 5. The first-order valence-corrected chi connectivity index (χ1v) is 11.7. The van der Waals surface area contributed by atoms with Crippen LogP contribution in [0.5, 0.6) is 0 Å². The van der Waals surface area contributed by atoms with E-state index in [-0.39, 0.29) is 10.8 Å². The minimum Gasteiger partial charge on any atom is -0.375 e. The molecule has 0 aliphatic heterocycles. The molecule has 2 heterocycles. The summed E-state index contributed by atoms with van der Waals surface area (Å²) >= 11 is 13.2. The van der Waals surface area contributed by atoms with Gasteiger partial charge in [-0.1, -0.05) is 40.6 Å². The second-order valence-electron chi connectivity index (χ2n) is 6.55. The highest BCUT2D eigenvalue weighted by Crippen LogP contribution is 2.35. The Balaban J connectivity index is 1.69. The Bertz CT molecular complexity index is 1460. The number of nitrogens with two attached hydrogens (primary N) is 1. The third-order valence-electron chi connectivity index (χ3n) is 4.37. The zero-order chi connectivity index (χ0) is 23.3. The van der Waals surface area contributed by atoms with E-state index < -0.39 is 31.7 Å². The molecular weight excluding hydrogens is 508 g/mol. The van der Waals surface area contributed by atoms with Crippen LogP contribution in [0.25, 0.3) is 21.3 Å². The Labute approximate surface area is 193 Å². The van der Waals surface area contributed by atoms with Gasteiger partial charge in [0, 0.05) is 11.8 Å². The Hall–Kier alpha value is -2.60. The van der Waals surface area contributed by atoms with Gasteiger partial charge in [-0.25, -0.2) is 18.4 Å². The van der Waals surface area contributed by atoms with E-state index in [1.54, 1.807) is 12.1 Å². The van der Waals surface area contributed by atoms with Crippen molar-refractivity contribution in [3.8, 4) is 11.1 Å². The molecule has 0 atom stereocenters. The number of hydrogen-bond donors (Lipinski definition) is 2. The number of thiazole rings is 1. The summed E-state index contributed by atoms with van der Waals surface area (Å²) in [5, 5.41) is -0.322. The number of aromatic nitrogens is 2. The van der Waals surface area contributed by atoms with E-state index in [9.17, 15) is 21.6 Å². The molecule has 3 N–H and O–H groups in total. The molecule has 4 rings (SSSR count). The largest absolute Gasteiger partial charge is 0.416 e. The number of sulfonamides is 1. The van der Waals surface area contributed by atoms with Crippen LogP contribution in [0.2, 0.25) is 10.2 Å². The molecule has 0 unspecified atom stereocenters. The molecule has 0 spiro atoms. The van der Waals surface area contributed by atoms with E-state index in [2.05, 4.69) is 14.7 Å². The molecular formula is C19H11Cl2F3N4O2S2. The molecule has 166 valence electrons. The van der Waals surface area contributed by atoms with Crippen molar-refractivity contribution in [2.24, 2.45) is 0 Å². The van der Waals surface area contributed by atoms with E-state index in [0.717, 1.165) is 16.3 Å². The highest BCUT2D eigenvalue weighted by molar-refractivity contribution is 7.92. The summed E-state index contributed by atoms with van der Waals surface area (Å²) in [4.78, 5) is 7.65. The monoisotopic (exact) mass is 518 g/mol. The molecule has 0 aliphatic carbocycles. The highest BCUT2D eigenvalue weighted by Gasteiger charge is 2.32. The predicted molar refractivity (Wildman–Crippen MR) is 120 cm³/mol. The molecule has 6 nitrogen and oxygen atoms in total. The van der Waals surface area contributed by atoms with Crippen molar-refractivity contribution >= 4 is 65.6 Å². The SMILES string of the molecule is Nc1nc2ccc(-c3cnc(Cl)c(NS(=O)(=O)c4ccc(C(F)(F)F)cc4Cl)c3)cc2s1. The van der Waals surface area contributed by atoms with Gasteiger partial charge in [-0.2, -0.15) is 13.2 Å². The van der Waals surface area contributed by atoms with Gasteiger partial charge in [0.15, 0.2) is 10.3 Å². The molecule has 0 fully saturated rings. The summed E-state index contributed by atoms with van der Waals surface area (Å²) in [5.41, 5.74) is 6.55. The first-order chi connectivity index (χ1) is 14.9. The quantitative estimate of drug-likeness (QED) is 0.319. The van der Waals surface area contributed by atoms with E-state index in [0.29, 0.717) is 28.4 Å². The van der Waals surface area contributed by atoms with E-state index in [1.807, 2.05) is 6.07 Å². The van der Waals surface area contributed by atoms with Crippen molar-refractivity contribution in [1.29, 1.82) is 0 Å². The number of anilines is 2. The molecule has 0 aliphatic rings. The smallest absolute Gasteiger partial charge is 0.375 e. The number of alkyl halides is 3. The first kappa shape index (κ1) is 22.6. The second-order valence-corrected chi connectivity index (χ2v) is 10.0. The van der Waals surface area contributed by atoms with E-state index >= 15 is 0 Å². The first-order valence-electron chi connectivity index (χ1n) is 8.65. The lowest BCUT2D eigenvalue weighted by molar-refractivity contribution is -0.137. The number of benzene rings is 2. The second kappa shape index (κ2) is 8.07. The lowest BCUT2D eigenvalue weighted by Crippen LogP contribution is -2.15. The summed E-state index contributed by atoms with van der Waals surface area (Å²) in [6.45, 7) is 0. The Morgan fingerprint density at radius 3 is 2.47 bits per heavy atom. The van der Waals surface area contributed by atoms with Crippen molar-refractivity contribution in [2.75, 3.05) is 10.5 Å². The molecule has 2 aromatic carbocycles. The van der Waals surface area contributed by atoms with Crippen LogP contribution in [0.15, 0.2) is 53.6 Å².